The Balaban J connectivity index is 1.71. The summed E-state index contributed by atoms with van der Waals surface area (Å²) >= 11 is 0. The molecule has 0 radical (unpaired) electrons. The molecule has 2 saturated carbocycles. The van der Waals surface area contributed by atoms with Gasteiger partial charge in [-0.25, -0.2) is 0 Å². The van der Waals surface area contributed by atoms with Crippen LogP contribution in [0.3, 0.4) is 0 Å². The summed E-state index contributed by atoms with van der Waals surface area (Å²) in [6.07, 6.45) is 4.95. The van der Waals surface area contributed by atoms with Crippen molar-refractivity contribution in [3.8, 4) is 11.5 Å². The zero-order chi connectivity index (χ0) is 20.5. The lowest BCUT2D eigenvalue weighted by atomic mass is 9.55. The van der Waals surface area contributed by atoms with Gasteiger partial charge < -0.3 is 9.47 Å². The zero-order valence-electron chi connectivity index (χ0n) is 18.2. The van der Waals surface area contributed by atoms with Gasteiger partial charge >= 0.3 is 0 Å². The van der Waals surface area contributed by atoms with Gasteiger partial charge in [-0.05, 0) is 68.2 Å². The van der Waals surface area contributed by atoms with Crippen molar-refractivity contribution in [2.75, 3.05) is 20.2 Å². The molecule has 3 aliphatic carbocycles. The zero-order valence-corrected chi connectivity index (χ0v) is 18.2. The number of hydrogen-bond acceptors (Lipinski definition) is 4. The highest BCUT2D eigenvalue weighted by Crippen LogP contribution is 2.61. The van der Waals surface area contributed by atoms with Crippen molar-refractivity contribution in [1.29, 1.82) is 0 Å². The monoisotopic (exact) mass is 395 g/mol. The van der Waals surface area contributed by atoms with Crippen LogP contribution < -0.4 is 9.47 Å². The lowest BCUT2D eigenvalue weighted by molar-refractivity contribution is -0.134. The maximum absolute atomic E-state index is 13.0. The van der Waals surface area contributed by atoms with E-state index in [2.05, 4.69) is 38.3 Å². The van der Waals surface area contributed by atoms with Crippen molar-refractivity contribution in [1.82, 2.24) is 4.90 Å². The van der Waals surface area contributed by atoms with Crippen LogP contribution in [0.25, 0.3) is 5.57 Å². The molecule has 5 rings (SSSR count). The van der Waals surface area contributed by atoms with Gasteiger partial charge in [-0.15, -0.1) is 0 Å². The number of likely N-dealkylation sites (N-methyl/N-ethyl adjacent to an activating group) is 1. The number of benzene rings is 1. The molecule has 0 bridgehead atoms. The maximum Gasteiger partial charge on any atom is 0.174 e. The maximum atomic E-state index is 13.0. The van der Waals surface area contributed by atoms with E-state index in [0.29, 0.717) is 18.4 Å². The Morgan fingerprint density at radius 2 is 2.14 bits per heavy atom. The standard InChI is InChI=1S/C25H33NO3/c1-6-26(13-15-7-8-15)19-11-17-16(14(2)3)12-21(28-5)23-22(17)25(4)18(19)9-10-20(27)24(25)29-23/h12,15,18-19,24H,2,6-11,13H2,1,3-5H3/t18?,19?,24-,25-/m1/s1. The predicted molar refractivity (Wildman–Crippen MR) is 115 cm³/mol. The molecule has 0 aromatic heterocycles. The van der Waals surface area contributed by atoms with Crippen LogP contribution in [0.15, 0.2) is 12.6 Å². The Labute approximate surface area is 174 Å². The Hall–Kier alpha value is -1.81. The second-order valence-corrected chi connectivity index (χ2v) is 9.78. The molecule has 0 amide bonds. The molecule has 1 heterocycles. The number of allylic oxidation sites excluding steroid dienone is 1. The topological polar surface area (TPSA) is 38.8 Å². The van der Waals surface area contributed by atoms with E-state index in [4.69, 9.17) is 9.47 Å². The molecule has 1 aliphatic heterocycles. The summed E-state index contributed by atoms with van der Waals surface area (Å²) in [7, 11) is 1.69. The SMILES string of the molecule is C=C(C)c1cc(OC)c2c3c1CC(N(CC)CC1CC1)C1CCC(=O)[C@@H](O2)[C@@]31C. The number of ether oxygens (including phenoxy) is 2. The average molecular weight is 396 g/mol. The molecule has 4 nitrogen and oxygen atoms in total. The molecule has 1 aromatic rings. The van der Waals surface area contributed by atoms with Crippen LogP contribution in [0.2, 0.25) is 0 Å². The first kappa shape index (κ1) is 19.2. The van der Waals surface area contributed by atoms with E-state index in [1.807, 2.05) is 0 Å². The van der Waals surface area contributed by atoms with Crippen molar-refractivity contribution < 1.29 is 14.3 Å². The van der Waals surface area contributed by atoms with Gasteiger partial charge in [0.2, 0.25) is 0 Å². The van der Waals surface area contributed by atoms with Gasteiger partial charge in [-0.1, -0.05) is 26.0 Å². The van der Waals surface area contributed by atoms with E-state index in [-0.39, 0.29) is 17.3 Å². The molecule has 0 N–H and O–H groups in total. The van der Waals surface area contributed by atoms with E-state index in [1.165, 1.54) is 36.1 Å². The summed E-state index contributed by atoms with van der Waals surface area (Å²) in [5, 5.41) is 0. The van der Waals surface area contributed by atoms with Gasteiger partial charge in [0.05, 0.1) is 7.11 Å². The summed E-state index contributed by atoms with van der Waals surface area (Å²) in [5.74, 6) is 3.09. The van der Waals surface area contributed by atoms with Gasteiger partial charge in [-0.3, -0.25) is 9.69 Å². The van der Waals surface area contributed by atoms with Crippen LogP contribution in [-0.4, -0.2) is 43.0 Å². The summed E-state index contributed by atoms with van der Waals surface area (Å²) < 4.78 is 12.1. The van der Waals surface area contributed by atoms with Crippen LogP contribution in [0.5, 0.6) is 11.5 Å². The van der Waals surface area contributed by atoms with Crippen molar-refractivity contribution >= 4 is 11.4 Å². The number of rotatable bonds is 6. The number of hydrogen-bond donors (Lipinski definition) is 0. The Bertz CT molecular complexity index is 887. The normalized spacial score (nSPS) is 32.2. The minimum absolute atomic E-state index is 0.246. The molecule has 0 saturated heterocycles. The van der Waals surface area contributed by atoms with E-state index < -0.39 is 0 Å². The molecule has 4 aliphatic rings. The number of methoxy groups -OCH3 is 1. The highest BCUT2D eigenvalue weighted by atomic mass is 16.5. The molecule has 4 atom stereocenters. The quantitative estimate of drug-likeness (QED) is 0.716. The highest BCUT2D eigenvalue weighted by Gasteiger charge is 2.62. The third kappa shape index (κ3) is 2.64. The molecule has 4 heteroatoms. The summed E-state index contributed by atoms with van der Waals surface area (Å²) in [5.41, 5.74) is 4.52. The molecule has 0 spiro atoms. The Morgan fingerprint density at radius 1 is 1.38 bits per heavy atom. The minimum Gasteiger partial charge on any atom is -0.493 e. The van der Waals surface area contributed by atoms with E-state index >= 15 is 0 Å². The summed E-state index contributed by atoms with van der Waals surface area (Å²) in [6, 6.07) is 2.53. The van der Waals surface area contributed by atoms with Crippen molar-refractivity contribution in [3.05, 3.63) is 29.3 Å². The van der Waals surface area contributed by atoms with Crippen LogP contribution >= 0.6 is 0 Å². The third-order valence-electron chi connectivity index (χ3n) is 8.06. The van der Waals surface area contributed by atoms with Crippen LogP contribution in [0.4, 0.5) is 0 Å². The first-order chi connectivity index (χ1) is 13.9. The van der Waals surface area contributed by atoms with Crippen molar-refractivity contribution in [3.63, 3.8) is 0 Å². The third-order valence-corrected chi connectivity index (χ3v) is 8.06. The number of nitrogens with zero attached hydrogens (tertiary/aromatic N) is 1. The molecule has 1 aromatic carbocycles. The molecular formula is C25H33NO3. The second kappa shape index (κ2) is 6.60. The molecule has 29 heavy (non-hydrogen) atoms. The Kier molecular flexibility index (Phi) is 4.36. The number of ketones is 1. The fraction of sp³-hybridized carbons (Fsp3) is 0.640. The van der Waals surface area contributed by atoms with Crippen LogP contribution in [-0.2, 0) is 16.6 Å². The first-order valence-electron chi connectivity index (χ1n) is 11.2. The number of carbonyl (C=O) groups excluding carboxylic acids is 1. The van der Waals surface area contributed by atoms with E-state index in [1.54, 1.807) is 7.11 Å². The fourth-order valence-electron chi connectivity index (χ4n) is 6.45. The molecule has 156 valence electrons. The van der Waals surface area contributed by atoms with Crippen LogP contribution in [0, 0.1) is 11.8 Å². The summed E-state index contributed by atoms with van der Waals surface area (Å²) in [4.78, 5) is 15.7. The van der Waals surface area contributed by atoms with Gasteiger partial charge in [0.1, 0.15) is 0 Å². The Morgan fingerprint density at radius 3 is 2.76 bits per heavy atom. The van der Waals surface area contributed by atoms with Gasteiger partial charge in [0, 0.05) is 30.0 Å². The average Bonchev–Trinajstić information content (AvgIpc) is 3.45. The summed E-state index contributed by atoms with van der Waals surface area (Å²) in [6.45, 7) is 13.2. The fourth-order valence-corrected chi connectivity index (χ4v) is 6.45. The number of carbonyl (C=O) groups is 1. The predicted octanol–water partition coefficient (Wildman–Crippen LogP) is 4.38. The smallest absolute Gasteiger partial charge is 0.174 e. The lowest BCUT2D eigenvalue weighted by Crippen LogP contribution is -2.60. The van der Waals surface area contributed by atoms with Gasteiger partial charge in [-0.2, -0.15) is 0 Å². The highest BCUT2D eigenvalue weighted by molar-refractivity contribution is 5.89. The van der Waals surface area contributed by atoms with Gasteiger partial charge in [0.25, 0.3) is 0 Å². The van der Waals surface area contributed by atoms with Crippen molar-refractivity contribution in [2.45, 2.75) is 70.4 Å². The number of Topliss-reactive ketones (excluding diaryl/α,β-unsaturated/α-hetero) is 1. The van der Waals surface area contributed by atoms with Crippen molar-refractivity contribution in [2.24, 2.45) is 11.8 Å². The molecular weight excluding hydrogens is 362 g/mol. The van der Waals surface area contributed by atoms with E-state index in [0.717, 1.165) is 42.4 Å². The molecule has 2 unspecified atom stereocenters. The second-order valence-electron chi connectivity index (χ2n) is 9.78. The van der Waals surface area contributed by atoms with E-state index in [9.17, 15) is 4.79 Å². The largest absolute Gasteiger partial charge is 0.493 e. The lowest BCUT2D eigenvalue weighted by Gasteiger charge is -2.52. The first-order valence-corrected chi connectivity index (χ1v) is 11.2. The minimum atomic E-state index is -0.383. The van der Waals surface area contributed by atoms with Gasteiger partial charge in [0.15, 0.2) is 23.4 Å². The molecule has 2 fully saturated rings. The van der Waals surface area contributed by atoms with Crippen LogP contribution in [0.1, 0.15) is 63.1 Å².